The van der Waals surface area contributed by atoms with E-state index >= 15 is 0 Å². The minimum absolute atomic E-state index is 0.144. The number of carbonyl (C=O) groups is 2. The number of likely N-dealkylation sites (N-methyl/N-ethyl adjacent to an activating group) is 1. The third-order valence-electron chi connectivity index (χ3n) is 4.40. The van der Waals surface area contributed by atoms with Gasteiger partial charge in [-0.3, -0.25) is 14.9 Å². The summed E-state index contributed by atoms with van der Waals surface area (Å²) in [4.78, 5) is 34.0. The van der Waals surface area contributed by atoms with Crippen molar-refractivity contribution < 1.29 is 9.59 Å². The first-order chi connectivity index (χ1) is 10.5. The van der Waals surface area contributed by atoms with E-state index < -0.39 is 11.8 Å². The van der Waals surface area contributed by atoms with Gasteiger partial charge in [-0.15, -0.1) is 11.3 Å². The molecule has 6 nitrogen and oxygen atoms in total. The number of carbonyl (C=O) groups excluding carboxylic acids is 2. The first-order valence-electron chi connectivity index (χ1n) is 7.83. The largest absolute Gasteiger partial charge is 0.332 e. The van der Waals surface area contributed by atoms with Crippen molar-refractivity contribution in [1.29, 1.82) is 0 Å². The van der Waals surface area contributed by atoms with Crippen LogP contribution in [0.4, 0.5) is 5.13 Å². The molecule has 0 saturated carbocycles. The molecule has 1 saturated heterocycles. The van der Waals surface area contributed by atoms with E-state index in [1.54, 1.807) is 4.90 Å². The molecular weight excluding hydrogens is 300 g/mol. The summed E-state index contributed by atoms with van der Waals surface area (Å²) >= 11 is 1.48. The molecule has 0 spiro atoms. The van der Waals surface area contributed by atoms with Gasteiger partial charge in [-0.2, -0.15) is 0 Å². The van der Waals surface area contributed by atoms with Crippen molar-refractivity contribution >= 4 is 28.3 Å². The number of hydrogen-bond acceptors (Lipinski definition) is 5. The minimum Gasteiger partial charge on any atom is -0.332 e. The Morgan fingerprint density at radius 2 is 2.14 bits per heavy atom. The Balaban J connectivity index is 1.65. The molecule has 1 atom stereocenters. The van der Waals surface area contributed by atoms with Gasteiger partial charge >= 0.3 is 11.8 Å². The number of rotatable bonds is 1. The molecule has 1 N–H and O–H groups in total. The molecule has 0 radical (unpaired) electrons. The molecule has 0 aliphatic carbocycles. The molecular formula is C15H22N4O2S. The van der Waals surface area contributed by atoms with E-state index in [-0.39, 0.29) is 6.04 Å². The van der Waals surface area contributed by atoms with Crippen LogP contribution in [0.25, 0.3) is 0 Å². The molecule has 2 aliphatic heterocycles. The number of thiazole rings is 1. The topological polar surface area (TPSA) is 65.5 Å². The van der Waals surface area contributed by atoms with E-state index in [2.05, 4.69) is 22.2 Å². The standard InChI is InChI=1S/C15H22N4O2S/c1-10-5-3-4-7-19(10)14(21)13(20)17-15-16-11-6-8-18(2)9-12(11)22-15/h10H,3-9H2,1-2H3,(H,16,17,20). The van der Waals surface area contributed by atoms with E-state index in [0.29, 0.717) is 11.7 Å². The predicted molar refractivity (Wildman–Crippen MR) is 85.8 cm³/mol. The summed E-state index contributed by atoms with van der Waals surface area (Å²) in [6.07, 6.45) is 3.97. The van der Waals surface area contributed by atoms with Crippen molar-refractivity contribution in [3.63, 3.8) is 0 Å². The molecule has 1 fully saturated rings. The van der Waals surface area contributed by atoms with Crippen LogP contribution in [0.3, 0.4) is 0 Å². The lowest BCUT2D eigenvalue weighted by Crippen LogP contribution is -2.47. The average Bonchev–Trinajstić information content (AvgIpc) is 2.88. The third kappa shape index (κ3) is 3.15. The molecule has 1 aromatic rings. The number of piperidine rings is 1. The molecule has 3 heterocycles. The maximum absolute atomic E-state index is 12.3. The van der Waals surface area contributed by atoms with Gasteiger partial charge in [0.2, 0.25) is 0 Å². The van der Waals surface area contributed by atoms with E-state index in [1.807, 2.05) is 6.92 Å². The highest BCUT2D eigenvalue weighted by molar-refractivity contribution is 7.16. The molecule has 120 valence electrons. The van der Waals surface area contributed by atoms with Crippen LogP contribution in [0.15, 0.2) is 0 Å². The van der Waals surface area contributed by atoms with Crippen LogP contribution in [0.1, 0.15) is 36.8 Å². The van der Waals surface area contributed by atoms with E-state index in [4.69, 9.17) is 0 Å². The van der Waals surface area contributed by atoms with Gasteiger partial charge in [-0.1, -0.05) is 0 Å². The Bertz CT molecular complexity index is 586. The zero-order chi connectivity index (χ0) is 15.7. The molecule has 3 rings (SSSR count). The molecule has 1 aromatic heterocycles. The Hall–Kier alpha value is -1.47. The lowest BCUT2D eigenvalue weighted by Gasteiger charge is -2.32. The third-order valence-corrected chi connectivity index (χ3v) is 5.40. The Morgan fingerprint density at radius 3 is 2.91 bits per heavy atom. The summed E-state index contributed by atoms with van der Waals surface area (Å²) in [7, 11) is 2.07. The molecule has 22 heavy (non-hydrogen) atoms. The normalized spacial score (nSPS) is 22.3. The summed E-state index contributed by atoms with van der Waals surface area (Å²) in [6, 6.07) is 0.144. The number of nitrogens with zero attached hydrogens (tertiary/aromatic N) is 3. The van der Waals surface area contributed by atoms with Gasteiger partial charge in [0, 0.05) is 37.0 Å². The fourth-order valence-corrected chi connectivity index (χ4v) is 4.14. The van der Waals surface area contributed by atoms with Crippen molar-refractivity contribution in [2.24, 2.45) is 0 Å². The number of likely N-dealkylation sites (tertiary alicyclic amines) is 1. The van der Waals surface area contributed by atoms with Crippen LogP contribution in [0.2, 0.25) is 0 Å². The van der Waals surface area contributed by atoms with E-state index in [0.717, 1.165) is 44.5 Å². The van der Waals surface area contributed by atoms with Gasteiger partial charge < -0.3 is 9.80 Å². The highest BCUT2D eigenvalue weighted by Gasteiger charge is 2.29. The summed E-state index contributed by atoms with van der Waals surface area (Å²) in [5.41, 5.74) is 1.05. The average molecular weight is 322 g/mol. The lowest BCUT2D eigenvalue weighted by atomic mass is 10.0. The molecule has 2 aliphatic rings. The van der Waals surface area contributed by atoms with Gasteiger partial charge in [0.25, 0.3) is 0 Å². The van der Waals surface area contributed by atoms with E-state index in [1.165, 1.54) is 16.2 Å². The Morgan fingerprint density at radius 1 is 1.32 bits per heavy atom. The van der Waals surface area contributed by atoms with Gasteiger partial charge in [0.05, 0.1) is 5.69 Å². The minimum atomic E-state index is -0.562. The summed E-state index contributed by atoms with van der Waals surface area (Å²) < 4.78 is 0. The SMILES string of the molecule is CC1CCCCN1C(=O)C(=O)Nc1nc2c(s1)CN(C)CC2. The van der Waals surface area contributed by atoms with Crippen LogP contribution < -0.4 is 5.32 Å². The van der Waals surface area contributed by atoms with Crippen molar-refractivity contribution in [2.75, 3.05) is 25.5 Å². The van der Waals surface area contributed by atoms with Crippen molar-refractivity contribution in [3.8, 4) is 0 Å². The first kappa shape index (κ1) is 15.4. The predicted octanol–water partition coefficient (Wildman–Crippen LogP) is 1.47. The van der Waals surface area contributed by atoms with Gasteiger partial charge in [0.1, 0.15) is 0 Å². The van der Waals surface area contributed by atoms with Crippen molar-refractivity contribution in [2.45, 2.75) is 45.2 Å². The quantitative estimate of drug-likeness (QED) is 0.795. The van der Waals surface area contributed by atoms with Crippen LogP contribution in [-0.2, 0) is 22.6 Å². The summed E-state index contributed by atoms with van der Waals surface area (Å²) in [5, 5.41) is 3.24. The van der Waals surface area contributed by atoms with Crippen LogP contribution in [0, 0.1) is 0 Å². The highest BCUT2D eigenvalue weighted by Crippen LogP contribution is 2.27. The van der Waals surface area contributed by atoms with Crippen LogP contribution in [-0.4, -0.2) is 52.8 Å². The fourth-order valence-electron chi connectivity index (χ4n) is 3.06. The molecule has 7 heteroatoms. The van der Waals surface area contributed by atoms with Crippen LogP contribution >= 0.6 is 11.3 Å². The second-order valence-corrected chi connectivity index (χ2v) is 7.26. The number of hydrogen-bond donors (Lipinski definition) is 1. The molecule has 2 amide bonds. The number of amides is 2. The smallest absolute Gasteiger partial charge is 0.315 e. The molecule has 1 unspecified atom stereocenters. The van der Waals surface area contributed by atoms with Crippen molar-refractivity contribution in [3.05, 3.63) is 10.6 Å². The molecule has 0 aromatic carbocycles. The van der Waals surface area contributed by atoms with Crippen LogP contribution in [0.5, 0.6) is 0 Å². The summed E-state index contributed by atoms with van der Waals surface area (Å²) in [5.74, 6) is -0.995. The van der Waals surface area contributed by atoms with E-state index in [9.17, 15) is 9.59 Å². The fraction of sp³-hybridized carbons (Fsp3) is 0.667. The zero-order valence-corrected chi connectivity index (χ0v) is 13.9. The Kier molecular flexibility index (Phi) is 4.44. The summed E-state index contributed by atoms with van der Waals surface area (Å²) in [6.45, 7) is 4.52. The number of aromatic nitrogens is 1. The number of nitrogens with one attached hydrogen (secondary N) is 1. The van der Waals surface area contributed by atoms with Gasteiger partial charge in [0.15, 0.2) is 5.13 Å². The Labute approximate surface area is 134 Å². The van der Waals surface area contributed by atoms with Crippen molar-refractivity contribution in [1.82, 2.24) is 14.8 Å². The second kappa shape index (κ2) is 6.34. The first-order valence-corrected chi connectivity index (χ1v) is 8.65. The van der Waals surface area contributed by atoms with Gasteiger partial charge in [-0.25, -0.2) is 4.98 Å². The van der Waals surface area contributed by atoms with Gasteiger partial charge in [-0.05, 0) is 33.2 Å². The highest BCUT2D eigenvalue weighted by atomic mass is 32.1. The second-order valence-electron chi connectivity index (χ2n) is 6.17. The lowest BCUT2D eigenvalue weighted by molar-refractivity contribution is -0.145. The monoisotopic (exact) mass is 322 g/mol. The maximum atomic E-state index is 12.3. The maximum Gasteiger partial charge on any atom is 0.315 e. The number of anilines is 1. The molecule has 0 bridgehead atoms. The number of fused-ring (bicyclic) bond motifs is 1. The zero-order valence-electron chi connectivity index (χ0n) is 13.1.